The van der Waals surface area contributed by atoms with Crippen LogP contribution in [0.15, 0.2) is 65.6 Å². The molecule has 0 atom stereocenters. The summed E-state index contributed by atoms with van der Waals surface area (Å²) in [5.74, 6) is -0.736. The number of phenolic OH excluding ortho intramolecular Hbond substituents is 1. The van der Waals surface area contributed by atoms with Crippen molar-refractivity contribution in [3.63, 3.8) is 0 Å². The van der Waals surface area contributed by atoms with Gasteiger partial charge in [-0.15, -0.1) is 0 Å². The highest BCUT2D eigenvalue weighted by Crippen LogP contribution is 2.34. The average Bonchev–Trinajstić information content (AvgIpc) is 2.48. The van der Waals surface area contributed by atoms with Crippen molar-refractivity contribution in [3.05, 3.63) is 76.7 Å². The van der Waals surface area contributed by atoms with Crippen LogP contribution < -0.4 is 5.56 Å². The lowest BCUT2D eigenvalue weighted by Crippen LogP contribution is -2.04. The van der Waals surface area contributed by atoms with Crippen LogP contribution in [-0.2, 0) is 6.18 Å². The van der Waals surface area contributed by atoms with Crippen LogP contribution in [0.4, 0.5) is 13.2 Å². The SMILES string of the molecule is O=c1[nH]ccc2ccccc12.Oc1ccccc1C(F)(F)F. The van der Waals surface area contributed by atoms with Gasteiger partial charge in [0.05, 0.1) is 5.56 Å². The van der Waals surface area contributed by atoms with E-state index in [0.29, 0.717) is 0 Å². The number of para-hydroxylation sites is 1. The summed E-state index contributed by atoms with van der Waals surface area (Å²) >= 11 is 0. The molecule has 114 valence electrons. The zero-order valence-corrected chi connectivity index (χ0v) is 11.3. The summed E-state index contributed by atoms with van der Waals surface area (Å²) in [6.07, 6.45) is -2.81. The molecule has 0 saturated heterocycles. The molecule has 3 rings (SSSR count). The van der Waals surface area contributed by atoms with Crippen LogP contribution in [0.1, 0.15) is 5.56 Å². The Balaban J connectivity index is 0.000000160. The third-order valence-electron chi connectivity index (χ3n) is 2.89. The Morgan fingerprint density at radius 1 is 0.909 bits per heavy atom. The van der Waals surface area contributed by atoms with E-state index in [1.807, 2.05) is 30.3 Å². The standard InChI is InChI=1S/C9H7NO.C7H5F3O/c11-9-8-4-2-1-3-7(8)5-6-10-9;8-7(9,10)5-3-1-2-4-6(5)11/h1-6H,(H,10,11);1-4,11H. The first kappa shape index (κ1) is 15.6. The number of nitrogens with one attached hydrogen (secondary N) is 1. The van der Waals surface area contributed by atoms with Gasteiger partial charge in [0, 0.05) is 11.6 Å². The van der Waals surface area contributed by atoms with E-state index >= 15 is 0 Å². The number of fused-ring (bicyclic) bond motifs is 1. The van der Waals surface area contributed by atoms with Gasteiger partial charge in [-0.3, -0.25) is 4.79 Å². The number of benzene rings is 2. The molecule has 1 heterocycles. The highest BCUT2D eigenvalue weighted by atomic mass is 19.4. The Morgan fingerprint density at radius 3 is 2.14 bits per heavy atom. The number of H-pyrrole nitrogens is 1. The fraction of sp³-hybridized carbons (Fsp3) is 0.0625. The molecule has 0 fully saturated rings. The first-order valence-corrected chi connectivity index (χ1v) is 6.31. The maximum absolute atomic E-state index is 11.9. The molecule has 0 aliphatic rings. The van der Waals surface area contributed by atoms with E-state index < -0.39 is 17.5 Å². The van der Waals surface area contributed by atoms with Gasteiger partial charge in [0.25, 0.3) is 5.56 Å². The van der Waals surface area contributed by atoms with Crippen LogP contribution >= 0.6 is 0 Å². The second kappa shape index (κ2) is 6.34. The number of aromatic hydroxyl groups is 1. The number of pyridine rings is 1. The molecule has 0 spiro atoms. The highest BCUT2D eigenvalue weighted by Gasteiger charge is 2.33. The van der Waals surface area contributed by atoms with Gasteiger partial charge < -0.3 is 10.1 Å². The van der Waals surface area contributed by atoms with Gasteiger partial charge in [-0.1, -0.05) is 30.3 Å². The minimum Gasteiger partial charge on any atom is -0.507 e. The number of aromatic nitrogens is 1. The topological polar surface area (TPSA) is 53.1 Å². The van der Waals surface area contributed by atoms with Crippen LogP contribution in [0, 0.1) is 0 Å². The minimum absolute atomic E-state index is 0.0249. The van der Waals surface area contributed by atoms with Crippen LogP contribution in [0.25, 0.3) is 10.8 Å². The number of aromatic amines is 1. The molecule has 3 nitrogen and oxygen atoms in total. The fourth-order valence-corrected chi connectivity index (χ4v) is 1.85. The maximum Gasteiger partial charge on any atom is 0.419 e. The average molecular weight is 307 g/mol. The summed E-state index contributed by atoms with van der Waals surface area (Å²) in [6, 6.07) is 13.8. The van der Waals surface area contributed by atoms with Crippen LogP contribution in [-0.4, -0.2) is 10.1 Å². The lowest BCUT2D eigenvalue weighted by Gasteiger charge is -2.06. The lowest BCUT2D eigenvalue weighted by atomic mass is 10.2. The van der Waals surface area contributed by atoms with Gasteiger partial charge in [-0.2, -0.15) is 13.2 Å². The third kappa shape index (κ3) is 3.66. The summed E-state index contributed by atoms with van der Waals surface area (Å²) < 4.78 is 35.7. The second-order valence-electron chi connectivity index (χ2n) is 4.41. The van der Waals surface area contributed by atoms with Crippen molar-refractivity contribution in [3.8, 4) is 5.75 Å². The number of alkyl halides is 3. The van der Waals surface area contributed by atoms with E-state index in [1.54, 1.807) is 6.20 Å². The number of phenols is 1. The van der Waals surface area contributed by atoms with E-state index in [-0.39, 0.29) is 5.56 Å². The number of halogens is 3. The van der Waals surface area contributed by atoms with Gasteiger partial charge in [-0.25, -0.2) is 0 Å². The number of rotatable bonds is 0. The highest BCUT2D eigenvalue weighted by molar-refractivity contribution is 5.80. The Bertz CT molecular complexity index is 820. The molecule has 2 N–H and O–H groups in total. The Kier molecular flexibility index (Phi) is 4.50. The van der Waals surface area contributed by atoms with Gasteiger partial charge in [-0.05, 0) is 29.7 Å². The van der Waals surface area contributed by atoms with Crippen LogP contribution in [0.2, 0.25) is 0 Å². The van der Waals surface area contributed by atoms with Crippen molar-refractivity contribution >= 4 is 10.8 Å². The molecule has 0 amide bonds. The number of hydrogen-bond acceptors (Lipinski definition) is 2. The normalized spacial score (nSPS) is 10.9. The molecular formula is C16H12F3NO2. The summed E-state index contributed by atoms with van der Waals surface area (Å²) in [4.78, 5) is 13.7. The first-order valence-electron chi connectivity index (χ1n) is 6.31. The Morgan fingerprint density at radius 2 is 1.55 bits per heavy atom. The Hall–Kier alpha value is -2.76. The molecule has 0 aliphatic heterocycles. The van der Waals surface area contributed by atoms with E-state index in [9.17, 15) is 18.0 Å². The molecule has 0 bridgehead atoms. The summed E-state index contributed by atoms with van der Waals surface area (Å²) in [7, 11) is 0. The van der Waals surface area contributed by atoms with Crippen molar-refractivity contribution < 1.29 is 18.3 Å². The molecular weight excluding hydrogens is 295 g/mol. The molecule has 0 unspecified atom stereocenters. The van der Waals surface area contributed by atoms with Crippen molar-refractivity contribution in [1.29, 1.82) is 0 Å². The first-order chi connectivity index (χ1) is 10.4. The molecule has 3 aromatic rings. The van der Waals surface area contributed by atoms with E-state index in [0.717, 1.165) is 22.9 Å². The molecule has 22 heavy (non-hydrogen) atoms. The second-order valence-corrected chi connectivity index (χ2v) is 4.41. The maximum atomic E-state index is 11.9. The van der Waals surface area contributed by atoms with E-state index in [2.05, 4.69) is 4.98 Å². The van der Waals surface area contributed by atoms with Crippen molar-refractivity contribution in [2.24, 2.45) is 0 Å². The quantitative estimate of drug-likeness (QED) is 0.661. The molecule has 1 aromatic heterocycles. The lowest BCUT2D eigenvalue weighted by molar-refractivity contribution is -0.138. The molecule has 0 saturated carbocycles. The molecule has 0 aliphatic carbocycles. The Labute approximate surface area is 123 Å². The van der Waals surface area contributed by atoms with Crippen LogP contribution in [0.5, 0.6) is 5.75 Å². The van der Waals surface area contributed by atoms with Gasteiger partial charge in [0.1, 0.15) is 5.75 Å². The number of hydrogen-bond donors (Lipinski definition) is 2. The largest absolute Gasteiger partial charge is 0.507 e. The monoisotopic (exact) mass is 307 g/mol. The molecule has 0 radical (unpaired) electrons. The van der Waals surface area contributed by atoms with Crippen molar-refractivity contribution in [2.45, 2.75) is 6.18 Å². The third-order valence-corrected chi connectivity index (χ3v) is 2.89. The van der Waals surface area contributed by atoms with Gasteiger partial charge in [0.2, 0.25) is 0 Å². The predicted octanol–water partition coefficient (Wildman–Crippen LogP) is 3.94. The van der Waals surface area contributed by atoms with Crippen molar-refractivity contribution in [2.75, 3.05) is 0 Å². The smallest absolute Gasteiger partial charge is 0.419 e. The summed E-state index contributed by atoms with van der Waals surface area (Å²) in [6.45, 7) is 0. The van der Waals surface area contributed by atoms with E-state index in [4.69, 9.17) is 5.11 Å². The summed E-state index contributed by atoms with van der Waals surface area (Å²) in [5, 5.41) is 10.5. The minimum atomic E-state index is -4.47. The van der Waals surface area contributed by atoms with Crippen LogP contribution in [0.3, 0.4) is 0 Å². The van der Waals surface area contributed by atoms with Gasteiger partial charge >= 0.3 is 6.18 Å². The zero-order chi connectivity index (χ0) is 16.2. The summed E-state index contributed by atoms with van der Waals surface area (Å²) in [5.41, 5.74) is -1.02. The van der Waals surface area contributed by atoms with Crippen molar-refractivity contribution in [1.82, 2.24) is 4.98 Å². The molecule has 6 heteroatoms. The predicted molar refractivity (Wildman–Crippen MR) is 77.7 cm³/mol. The van der Waals surface area contributed by atoms with E-state index in [1.165, 1.54) is 12.1 Å². The zero-order valence-electron chi connectivity index (χ0n) is 11.3. The fourth-order valence-electron chi connectivity index (χ4n) is 1.85. The molecule has 2 aromatic carbocycles. The van der Waals surface area contributed by atoms with Gasteiger partial charge in [0.15, 0.2) is 0 Å².